The van der Waals surface area contributed by atoms with Gasteiger partial charge >= 0.3 is 23.9 Å². The van der Waals surface area contributed by atoms with Gasteiger partial charge in [0.15, 0.2) is 24.6 Å². The smallest absolute Gasteiger partial charge is 0.335 e. The maximum atomic E-state index is 13.1. The Balaban J connectivity index is 2.67. The number of carbonyl (C=O) groups is 4. The minimum Gasteiger partial charge on any atom is -0.479 e. The van der Waals surface area contributed by atoms with Crippen LogP contribution in [0.3, 0.4) is 0 Å². The summed E-state index contributed by atoms with van der Waals surface area (Å²) in [5, 5.41) is 31.5. The van der Waals surface area contributed by atoms with Gasteiger partial charge in [-0.05, 0) is 83.5 Å². The second kappa shape index (κ2) is 53.1. The van der Waals surface area contributed by atoms with Gasteiger partial charge in [0.25, 0.3) is 0 Å². The summed E-state index contributed by atoms with van der Waals surface area (Å²) < 4.78 is 28.5. The van der Waals surface area contributed by atoms with Gasteiger partial charge in [-0.1, -0.05) is 236 Å². The molecular formula is C65H112O12. The van der Waals surface area contributed by atoms with Crippen LogP contribution in [0.15, 0.2) is 60.8 Å². The van der Waals surface area contributed by atoms with Crippen molar-refractivity contribution in [1.29, 1.82) is 0 Å². The van der Waals surface area contributed by atoms with E-state index in [1.807, 2.05) is 0 Å². The highest BCUT2D eigenvalue weighted by Crippen LogP contribution is 2.27. The minimum atomic E-state index is -1.91. The Morgan fingerprint density at radius 2 is 0.818 bits per heavy atom. The number of aliphatic hydroxyl groups is 2. The van der Waals surface area contributed by atoms with Gasteiger partial charge in [0, 0.05) is 19.3 Å². The van der Waals surface area contributed by atoms with Crippen LogP contribution in [0.5, 0.6) is 0 Å². The zero-order chi connectivity index (χ0) is 56.1. The SMILES string of the molecule is CC/C=C\C/C=C\C/C=C\CCCCCC(=O)OC(COC(=O)CCCCCCCCC/C=C\C/C=C\CCCCC)COC1OC(C(=O)O)C(O)C(O)C1OC(=O)CCCCCCCCCCCCCCCCCCC. The third kappa shape index (κ3) is 43.0. The number of esters is 3. The molecule has 77 heavy (non-hydrogen) atoms. The summed E-state index contributed by atoms with van der Waals surface area (Å²) in [6, 6.07) is 0. The number of carboxylic acids is 1. The summed E-state index contributed by atoms with van der Waals surface area (Å²) in [7, 11) is 0. The summed E-state index contributed by atoms with van der Waals surface area (Å²) in [6.45, 7) is 5.85. The zero-order valence-electron chi connectivity index (χ0n) is 49.0. The van der Waals surface area contributed by atoms with E-state index in [0.717, 1.165) is 103 Å². The van der Waals surface area contributed by atoms with E-state index in [4.69, 9.17) is 23.7 Å². The molecule has 1 heterocycles. The van der Waals surface area contributed by atoms with Crippen LogP contribution in [0.1, 0.15) is 278 Å². The largest absolute Gasteiger partial charge is 0.479 e. The molecule has 6 atom stereocenters. The fraction of sp³-hybridized carbons (Fsp3) is 0.785. The van der Waals surface area contributed by atoms with Crippen LogP contribution < -0.4 is 0 Å². The number of aliphatic hydroxyl groups excluding tert-OH is 2. The predicted molar refractivity (Wildman–Crippen MR) is 312 cm³/mol. The fourth-order valence-electron chi connectivity index (χ4n) is 9.30. The molecule has 0 spiro atoms. The molecule has 12 nitrogen and oxygen atoms in total. The molecule has 3 N–H and O–H groups in total. The van der Waals surface area contributed by atoms with Gasteiger partial charge in [0.1, 0.15) is 18.8 Å². The number of allylic oxidation sites excluding steroid dienone is 10. The van der Waals surface area contributed by atoms with Gasteiger partial charge < -0.3 is 39.0 Å². The third-order valence-corrected chi connectivity index (χ3v) is 14.1. The first-order chi connectivity index (χ1) is 37.6. The van der Waals surface area contributed by atoms with Gasteiger partial charge in [-0.15, -0.1) is 0 Å². The molecule has 1 rings (SSSR count). The molecular weight excluding hydrogens is 973 g/mol. The molecule has 0 aromatic heterocycles. The zero-order valence-corrected chi connectivity index (χ0v) is 49.0. The van der Waals surface area contributed by atoms with Crippen molar-refractivity contribution in [2.45, 2.75) is 314 Å². The molecule has 0 radical (unpaired) electrons. The van der Waals surface area contributed by atoms with Crippen molar-refractivity contribution >= 4 is 23.9 Å². The Hall–Kier alpha value is -3.58. The number of hydrogen-bond acceptors (Lipinski definition) is 11. The molecule has 0 aromatic carbocycles. The van der Waals surface area contributed by atoms with Gasteiger partial charge in [-0.25, -0.2) is 4.79 Å². The first-order valence-corrected chi connectivity index (χ1v) is 31.3. The summed E-state index contributed by atoms with van der Waals surface area (Å²) in [5.74, 6) is -3.15. The maximum Gasteiger partial charge on any atom is 0.335 e. The third-order valence-electron chi connectivity index (χ3n) is 14.1. The minimum absolute atomic E-state index is 0.0591. The van der Waals surface area contributed by atoms with Gasteiger partial charge in [0.2, 0.25) is 0 Å². The number of ether oxygens (including phenoxy) is 5. The number of aliphatic carboxylic acids is 1. The van der Waals surface area contributed by atoms with Crippen molar-refractivity contribution in [3.05, 3.63) is 60.8 Å². The molecule has 0 saturated carbocycles. The highest BCUT2D eigenvalue weighted by molar-refractivity contribution is 5.74. The van der Waals surface area contributed by atoms with E-state index in [1.54, 1.807) is 0 Å². The molecule has 6 unspecified atom stereocenters. The van der Waals surface area contributed by atoms with E-state index in [1.165, 1.54) is 116 Å². The molecule has 12 heteroatoms. The van der Waals surface area contributed by atoms with Crippen molar-refractivity contribution < 1.29 is 58.2 Å². The first kappa shape index (κ1) is 71.4. The van der Waals surface area contributed by atoms with Gasteiger partial charge in [0.05, 0.1) is 6.61 Å². The molecule has 1 aliphatic heterocycles. The quantitative estimate of drug-likeness (QED) is 0.0228. The number of hydrogen-bond donors (Lipinski definition) is 3. The van der Waals surface area contributed by atoms with Crippen LogP contribution in [-0.2, 0) is 42.9 Å². The second-order valence-electron chi connectivity index (χ2n) is 21.3. The van der Waals surface area contributed by atoms with Crippen LogP contribution >= 0.6 is 0 Å². The number of rotatable bonds is 53. The van der Waals surface area contributed by atoms with Crippen molar-refractivity contribution in [2.75, 3.05) is 13.2 Å². The summed E-state index contributed by atoms with van der Waals surface area (Å²) >= 11 is 0. The molecule has 1 fully saturated rings. The Morgan fingerprint density at radius 1 is 0.442 bits per heavy atom. The average molecular weight is 1090 g/mol. The fourth-order valence-corrected chi connectivity index (χ4v) is 9.30. The normalized spacial score (nSPS) is 18.4. The van der Waals surface area contributed by atoms with Crippen molar-refractivity contribution in [2.24, 2.45) is 0 Å². The molecule has 0 aliphatic carbocycles. The molecule has 1 saturated heterocycles. The van der Waals surface area contributed by atoms with Crippen molar-refractivity contribution in [1.82, 2.24) is 0 Å². The second-order valence-corrected chi connectivity index (χ2v) is 21.3. The summed E-state index contributed by atoms with van der Waals surface area (Å²) in [6.07, 6.45) is 53.3. The van der Waals surface area contributed by atoms with Gasteiger partial charge in [-0.2, -0.15) is 0 Å². The van der Waals surface area contributed by atoms with E-state index in [2.05, 4.69) is 81.5 Å². The lowest BCUT2D eigenvalue weighted by atomic mass is 9.98. The van der Waals surface area contributed by atoms with Crippen LogP contribution in [-0.4, -0.2) is 89.2 Å². The Morgan fingerprint density at radius 3 is 1.29 bits per heavy atom. The van der Waals surface area contributed by atoms with Gasteiger partial charge in [-0.3, -0.25) is 14.4 Å². The molecule has 0 aromatic rings. The number of carbonyl (C=O) groups excluding carboxylic acids is 3. The highest BCUT2D eigenvalue weighted by atomic mass is 16.7. The van der Waals surface area contributed by atoms with E-state index >= 15 is 0 Å². The Labute approximate surface area is 468 Å². The molecule has 0 bridgehead atoms. The Bertz CT molecular complexity index is 1570. The van der Waals surface area contributed by atoms with Crippen LogP contribution in [0.2, 0.25) is 0 Å². The lowest BCUT2D eigenvalue weighted by molar-refractivity contribution is -0.301. The lowest BCUT2D eigenvalue weighted by Crippen LogP contribution is -2.61. The molecule has 0 amide bonds. The molecule has 1 aliphatic rings. The van der Waals surface area contributed by atoms with Crippen molar-refractivity contribution in [3.63, 3.8) is 0 Å². The van der Waals surface area contributed by atoms with Crippen LogP contribution in [0.4, 0.5) is 0 Å². The predicted octanol–water partition coefficient (Wildman–Crippen LogP) is 16.3. The monoisotopic (exact) mass is 1080 g/mol. The maximum absolute atomic E-state index is 13.1. The highest BCUT2D eigenvalue weighted by Gasteiger charge is 2.50. The van der Waals surface area contributed by atoms with E-state index in [0.29, 0.717) is 19.3 Å². The summed E-state index contributed by atoms with van der Waals surface area (Å²) in [5.41, 5.74) is 0. The number of unbranched alkanes of at least 4 members (excludes halogenated alkanes) is 29. The Kier molecular flexibility index (Phi) is 49.2. The lowest BCUT2D eigenvalue weighted by Gasteiger charge is -2.40. The topological polar surface area (TPSA) is 175 Å². The van der Waals surface area contributed by atoms with Crippen LogP contribution in [0, 0.1) is 0 Å². The van der Waals surface area contributed by atoms with E-state index < -0.39 is 67.3 Å². The first-order valence-electron chi connectivity index (χ1n) is 31.3. The number of carboxylic acid groups (broad SMARTS) is 1. The van der Waals surface area contributed by atoms with Crippen molar-refractivity contribution in [3.8, 4) is 0 Å². The van der Waals surface area contributed by atoms with E-state index in [-0.39, 0.29) is 25.9 Å². The standard InChI is InChI=1S/C65H112O12/c1-4-7-10-13-16-19-22-25-27-29-31-34-36-39-42-45-48-51-57(66)73-54-56(75-58(67)52-49-46-43-40-37-33-24-21-18-15-12-9-6-3)55-74-65-63(61(70)60(69)62(77-65)64(71)72)76-59(68)53-50-47-44-41-38-35-32-30-28-26-23-20-17-14-11-8-5-2/h9,12,16,18-19,21,25,27,33,37,56,60-63,65,69-70H,4-8,10-11,13-15,17,20,22-24,26,28-32,34-36,38-55H2,1-3H3,(H,71,72)/b12-9-,19-16-,21-18-,27-25-,37-33-. The van der Waals surface area contributed by atoms with Crippen LogP contribution in [0.25, 0.3) is 0 Å². The van der Waals surface area contributed by atoms with E-state index in [9.17, 15) is 34.5 Å². The molecule has 444 valence electrons. The average Bonchev–Trinajstić information content (AvgIpc) is 3.42. The summed E-state index contributed by atoms with van der Waals surface area (Å²) in [4.78, 5) is 51.2.